The Hall–Kier alpha value is -2.31. The van der Waals surface area contributed by atoms with E-state index in [1.165, 1.54) is 18.2 Å². The second-order valence-electron chi connectivity index (χ2n) is 4.23. The Labute approximate surface area is 112 Å². The SMILES string of the molecule is Cc1c(-c2cccc(OC(F)(F)F)c2)n[nH]c(=O)c1C. The average Bonchev–Trinajstić information content (AvgIpc) is 2.34. The van der Waals surface area contributed by atoms with Crippen molar-refractivity contribution in [3.63, 3.8) is 0 Å². The first kappa shape index (κ1) is 14.1. The molecule has 106 valence electrons. The molecule has 1 aromatic heterocycles. The normalized spacial score (nSPS) is 11.4. The van der Waals surface area contributed by atoms with Gasteiger partial charge in [-0.1, -0.05) is 12.1 Å². The summed E-state index contributed by atoms with van der Waals surface area (Å²) in [7, 11) is 0. The lowest BCUT2D eigenvalue weighted by Gasteiger charge is -2.11. The molecular weight excluding hydrogens is 273 g/mol. The van der Waals surface area contributed by atoms with E-state index in [-0.39, 0.29) is 11.3 Å². The van der Waals surface area contributed by atoms with Crippen molar-refractivity contribution in [1.29, 1.82) is 0 Å². The summed E-state index contributed by atoms with van der Waals surface area (Å²) < 4.78 is 40.4. The van der Waals surface area contributed by atoms with Crippen LogP contribution >= 0.6 is 0 Å². The maximum atomic E-state index is 12.2. The molecule has 20 heavy (non-hydrogen) atoms. The van der Waals surface area contributed by atoms with Gasteiger partial charge >= 0.3 is 6.36 Å². The van der Waals surface area contributed by atoms with Gasteiger partial charge in [-0.3, -0.25) is 4.79 Å². The van der Waals surface area contributed by atoms with Crippen LogP contribution in [0.5, 0.6) is 5.75 Å². The minimum Gasteiger partial charge on any atom is -0.406 e. The highest BCUT2D eigenvalue weighted by molar-refractivity contribution is 5.64. The zero-order chi connectivity index (χ0) is 14.9. The third-order valence-electron chi connectivity index (χ3n) is 2.87. The van der Waals surface area contributed by atoms with Crippen molar-refractivity contribution >= 4 is 0 Å². The molecular formula is C13H11F3N2O2. The molecule has 0 spiro atoms. The van der Waals surface area contributed by atoms with Crippen LogP contribution < -0.4 is 10.3 Å². The number of hydrogen-bond donors (Lipinski definition) is 1. The van der Waals surface area contributed by atoms with Crippen molar-refractivity contribution in [2.24, 2.45) is 0 Å². The molecule has 2 rings (SSSR count). The van der Waals surface area contributed by atoms with Crippen LogP contribution in [0.2, 0.25) is 0 Å². The van der Waals surface area contributed by atoms with Gasteiger partial charge in [-0.15, -0.1) is 13.2 Å². The third kappa shape index (κ3) is 2.98. The van der Waals surface area contributed by atoms with Crippen LogP contribution in [0, 0.1) is 13.8 Å². The van der Waals surface area contributed by atoms with Gasteiger partial charge in [0.05, 0.1) is 5.69 Å². The summed E-state index contributed by atoms with van der Waals surface area (Å²) in [5.41, 5.74) is 1.60. The Morgan fingerprint density at radius 3 is 2.55 bits per heavy atom. The van der Waals surface area contributed by atoms with Gasteiger partial charge in [0, 0.05) is 11.1 Å². The molecule has 0 bridgehead atoms. The summed E-state index contributed by atoms with van der Waals surface area (Å²) in [4.78, 5) is 11.4. The Morgan fingerprint density at radius 2 is 1.90 bits per heavy atom. The van der Waals surface area contributed by atoms with Crippen molar-refractivity contribution in [2.45, 2.75) is 20.2 Å². The highest BCUT2D eigenvalue weighted by Gasteiger charge is 2.31. The summed E-state index contributed by atoms with van der Waals surface area (Å²) in [6.07, 6.45) is -4.75. The first-order valence-electron chi connectivity index (χ1n) is 5.70. The molecule has 0 fully saturated rings. The first-order valence-corrected chi connectivity index (χ1v) is 5.70. The minimum absolute atomic E-state index is 0.325. The fourth-order valence-corrected chi connectivity index (χ4v) is 1.74. The van der Waals surface area contributed by atoms with Gasteiger partial charge in [0.2, 0.25) is 0 Å². The molecule has 0 aliphatic carbocycles. The number of aromatic nitrogens is 2. The minimum atomic E-state index is -4.75. The van der Waals surface area contributed by atoms with Gasteiger partial charge in [-0.05, 0) is 31.5 Å². The lowest BCUT2D eigenvalue weighted by atomic mass is 10.0. The summed E-state index contributed by atoms with van der Waals surface area (Å²) >= 11 is 0. The van der Waals surface area contributed by atoms with Crippen LogP contribution in [0.4, 0.5) is 13.2 Å². The van der Waals surface area contributed by atoms with Crippen LogP contribution in [0.1, 0.15) is 11.1 Å². The number of hydrogen-bond acceptors (Lipinski definition) is 3. The number of H-pyrrole nitrogens is 1. The zero-order valence-corrected chi connectivity index (χ0v) is 10.7. The summed E-state index contributed by atoms with van der Waals surface area (Å²) in [6, 6.07) is 5.44. The first-order chi connectivity index (χ1) is 9.28. The summed E-state index contributed by atoms with van der Waals surface area (Å²) in [6.45, 7) is 3.31. The predicted molar refractivity (Wildman–Crippen MR) is 66.5 cm³/mol. The second-order valence-corrected chi connectivity index (χ2v) is 4.23. The predicted octanol–water partition coefficient (Wildman–Crippen LogP) is 2.95. The summed E-state index contributed by atoms with van der Waals surface area (Å²) in [5.74, 6) is -0.333. The number of benzene rings is 1. The molecule has 1 heterocycles. The molecule has 4 nitrogen and oxygen atoms in total. The van der Waals surface area contributed by atoms with Crippen molar-refractivity contribution in [3.8, 4) is 17.0 Å². The third-order valence-corrected chi connectivity index (χ3v) is 2.87. The fourth-order valence-electron chi connectivity index (χ4n) is 1.74. The number of nitrogens with zero attached hydrogens (tertiary/aromatic N) is 1. The van der Waals surface area contributed by atoms with Crippen LogP contribution in [-0.4, -0.2) is 16.6 Å². The van der Waals surface area contributed by atoms with E-state index in [4.69, 9.17) is 0 Å². The smallest absolute Gasteiger partial charge is 0.406 e. The Kier molecular flexibility index (Phi) is 3.52. The van der Waals surface area contributed by atoms with E-state index in [9.17, 15) is 18.0 Å². The quantitative estimate of drug-likeness (QED) is 0.922. The molecule has 0 aliphatic heterocycles. The van der Waals surface area contributed by atoms with E-state index >= 15 is 0 Å². The molecule has 0 saturated heterocycles. The van der Waals surface area contributed by atoms with Crippen LogP contribution in [-0.2, 0) is 0 Å². The van der Waals surface area contributed by atoms with Gasteiger partial charge in [0.15, 0.2) is 0 Å². The topological polar surface area (TPSA) is 55.0 Å². The number of halogens is 3. The highest BCUT2D eigenvalue weighted by atomic mass is 19.4. The maximum absolute atomic E-state index is 12.2. The lowest BCUT2D eigenvalue weighted by molar-refractivity contribution is -0.274. The Balaban J connectivity index is 2.47. The maximum Gasteiger partial charge on any atom is 0.573 e. The van der Waals surface area contributed by atoms with Crippen molar-refractivity contribution in [3.05, 3.63) is 45.7 Å². The molecule has 2 aromatic rings. The molecule has 0 unspecified atom stereocenters. The molecule has 0 radical (unpaired) electrons. The van der Waals surface area contributed by atoms with Gasteiger partial charge in [0.1, 0.15) is 5.75 Å². The van der Waals surface area contributed by atoms with E-state index in [0.717, 1.165) is 0 Å². The van der Waals surface area contributed by atoms with Gasteiger partial charge in [-0.2, -0.15) is 5.10 Å². The molecule has 7 heteroatoms. The summed E-state index contributed by atoms with van der Waals surface area (Å²) in [5, 5.41) is 6.18. The van der Waals surface area contributed by atoms with Crippen LogP contribution in [0.25, 0.3) is 11.3 Å². The molecule has 0 aliphatic rings. The average molecular weight is 284 g/mol. The largest absolute Gasteiger partial charge is 0.573 e. The number of aromatic amines is 1. The Morgan fingerprint density at radius 1 is 1.20 bits per heavy atom. The number of rotatable bonds is 2. The molecule has 1 N–H and O–H groups in total. The number of alkyl halides is 3. The van der Waals surface area contributed by atoms with E-state index in [1.54, 1.807) is 19.9 Å². The van der Waals surface area contributed by atoms with E-state index < -0.39 is 6.36 Å². The Bertz CT molecular complexity index is 693. The van der Waals surface area contributed by atoms with Crippen LogP contribution in [0.15, 0.2) is 29.1 Å². The van der Waals surface area contributed by atoms with Crippen molar-refractivity contribution in [2.75, 3.05) is 0 Å². The molecule has 1 aromatic carbocycles. The van der Waals surface area contributed by atoms with E-state index in [2.05, 4.69) is 14.9 Å². The van der Waals surface area contributed by atoms with Gasteiger partial charge in [0.25, 0.3) is 5.56 Å². The molecule has 0 atom stereocenters. The monoisotopic (exact) mass is 284 g/mol. The van der Waals surface area contributed by atoms with Crippen molar-refractivity contribution < 1.29 is 17.9 Å². The van der Waals surface area contributed by atoms with E-state index in [0.29, 0.717) is 22.4 Å². The molecule has 0 amide bonds. The van der Waals surface area contributed by atoms with E-state index in [1.807, 2.05) is 0 Å². The van der Waals surface area contributed by atoms with Gasteiger partial charge < -0.3 is 4.74 Å². The molecule has 0 saturated carbocycles. The number of ether oxygens (including phenoxy) is 1. The van der Waals surface area contributed by atoms with Gasteiger partial charge in [-0.25, -0.2) is 5.10 Å². The van der Waals surface area contributed by atoms with Crippen LogP contribution in [0.3, 0.4) is 0 Å². The second kappa shape index (κ2) is 4.99. The zero-order valence-electron chi connectivity index (χ0n) is 10.7. The number of nitrogens with one attached hydrogen (secondary N) is 1. The standard InChI is InChI=1S/C13H11F3N2O2/c1-7-8(2)12(19)18-17-11(7)9-4-3-5-10(6-9)20-13(14,15)16/h3-6H,1-2H3,(H,18,19). The highest BCUT2D eigenvalue weighted by Crippen LogP contribution is 2.28. The van der Waals surface area contributed by atoms with Crippen molar-refractivity contribution in [1.82, 2.24) is 10.2 Å². The fraction of sp³-hybridized carbons (Fsp3) is 0.231. The lowest BCUT2D eigenvalue weighted by Crippen LogP contribution is -2.17.